The molecular formula is C15H24BrNS. The number of halogens is 1. The van der Waals surface area contributed by atoms with Gasteiger partial charge in [0.2, 0.25) is 0 Å². The van der Waals surface area contributed by atoms with E-state index in [1.54, 1.807) is 0 Å². The molecule has 1 rings (SSSR count). The molecule has 0 fully saturated rings. The first kappa shape index (κ1) is 16.1. The second-order valence-corrected chi connectivity index (χ2v) is 6.89. The SMILES string of the molecule is CSCCC(CNCC(C)C)c1ccccc1Br. The minimum absolute atomic E-state index is 0.603. The van der Waals surface area contributed by atoms with Gasteiger partial charge in [0.1, 0.15) is 0 Å². The van der Waals surface area contributed by atoms with E-state index in [0.29, 0.717) is 11.8 Å². The Morgan fingerprint density at radius 1 is 1.22 bits per heavy atom. The van der Waals surface area contributed by atoms with Crippen molar-refractivity contribution >= 4 is 27.7 Å². The first-order chi connectivity index (χ1) is 8.65. The lowest BCUT2D eigenvalue weighted by Crippen LogP contribution is -2.26. The molecule has 0 bridgehead atoms. The number of nitrogens with one attached hydrogen (secondary N) is 1. The molecule has 1 nitrogen and oxygen atoms in total. The summed E-state index contributed by atoms with van der Waals surface area (Å²) < 4.78 is 1.24. The molecule has 1 N–H and O–H groups in total. The van der Waals surface area contributed by atoms with Gasteiger partial charge in [0, 0.05) is 11.0 Å². The molecule has 0 heterocycles. The van der Waals surface area contributed by atoms with Crippen LogP contribution >= 0.6 is 27.7 Å². The van der Waals surface area contributed by atoms with Crippen molar-refractivity contribution in [3.63, 3.8) is 0 Å². The van der Waals surface area contributed by atoms with Crippen LogP contribution in [0, 0.1) is 5.92 Å². The maximum atomic E-state index is 3.68. The summed E-state index contributed by atoms with van der Waals surface area (Å²) in [5.41, 5.74) is 1.43. The van der Waals surface area contributed by atoms with Gasteiger partial charge in [-0.25, -0.2) is 0 Å². The van der Waals surface area contributed by atoms with E-state index < -0.39 is 0 Å². The Hall–Kier alpha value is 0.01000. The first-order valence-corrected chi connectivity index (χ1v) is 8.78. The third kappa shape index (κ3) is 5.77. The predicted molar refractivity (Wildman–Crippen MR) is 87.6 cm³/mol. The fraction of sp³-hybridized carbons (Fsp3) is 0.600. The third-order valence-electron chi connectivity index (χ3n) is 2.96. The van der Waals surface area contributed by atoms with Gasteiger partial charge in [0.25, 0.3) is 0 Å². The summed E-state index contributed by atoms with van der Waals surface area (Å²) in [5.74, 6) is 2.53. The highest BCUT2D eigenvalue weighted by molar-refractivity contribution is 9.10. The van der Waals surface area contributed by atoms with E-state index in [0.717, 1.165) is 13.1 Å². The predicted octanol–water partition coefficient (Wildman–Crippen LogP) is 4.53. The average Bonchev–Trinajstić information content (AvgIpc) is 2.34. The molecule has 1 atom stereocenters. The molecule has 0 aliphatic rings. The zero-order chi connectivity index (χ0) is 13.4. The summed E-state index contributed by atoms with van der Waals surface area (Å²) in [7, 11) is 0. The third-order valence-corrected chi connectivity index (χ3v) is 4.32. The average molecular weight is 330 g/mol. The van der Waals surface area contributed by atoms with Crippen molar-refractivity contribution in [3.05, 3.63) is 34.3 Å². The van der Waals surface area contributed by atoms with Gasteiger partial charge in [-0.15, -0.1) is 0 Å². The Balaban J connectivity index is 2.62. The number of benzene rings is 1. The molecular weight excluding hydrogens is 306 g/mol. The minimum Gasteiger partial charge on any atom is -0.316 e. The van der Waals surface area contributed by atoms with Gasteiger partial charge in [-0.3, -0.25) is 0 Å². The number of thioether (sulfide) groups is 1. The van der Waals surface area contributed by atoms with E-state index in [1.807, 2.05) is 11.8 Å². The molecule has 1 aromatic rings. The molecule has 1 unspecified atom stereocenters. The molecule has 1 aromatic carbocycles. The quantitative estimate of drug-likeness (QED) is 0.751. The maximum Gasteiger partial charge on any atom is 0.0210 e. The molecule has 102 valence electrons. The molecule has 0 amide bonds. The van der Waals surface area contributed by atoms with Crippen molar-refractivity contribution in [1.29, 1.82) is 0 Å². The van der Waals surface area contributed by atoms with Crippen LogP contribution < -0.4 is 5.32 Å². The topological polar surface area (TPSA) is 12.0 Å². The van der Waals surface area contributed by atoms with Crippen LogP contribution in [0.2, 0.25) is 0 Å². The maximum absolute atomic E-state index is 3.68. The normalized spacial score (nSPS) is 12.9. The van der Waals surface area contributed by atoms with Crippen LogP contribution in [-0.2, 0) is 0 Å². The highest BCUT2D eigenvalue weighted by Gasteiger charge is 2.13. The van der Waals surface area contributed by atoms with E-state index in [2.05, 4.69) is 65.6 Å². The van der Waals surface area contributed by atoms with Crippen molar-refractivity contribution in [2.45, 2.75) is 26.2 Å². The monoisotopic (exact) mass is 329 g/mol. The Labute approximate surface area is 124 Å². The fourth-order valence-electron chi connectivity index (χ4n) is 1.98. The Bertz CT molecular complexity index is 341. The summed E-state index contributed by atoms with van der Waals surface area (Å²) in [6.45, 7) is 6.67. The largest absolute Gasteiger partial charge is 0.316 e. The Morgan fingerprint density at radius 2 is 1.94 bits per heavy atom. The summed E-state index contributed by atoms with van der Waals surface area (Å²) in [4.78, 5) is 0. The molecule has 0 aromatic heterocycles. The summed E-state index contributed by atoms with van der Waals surface area (Å²) in [6, 6.07) is 8.60. The van der Waals surface area contributed by atoms with Gasteiger partial charge in [0.15, 0.2) is 0 Å². The Kier molecular flexibility index (Phi) is 8.03. The van der Waals surface area contributed by atoms with Gasteiger partial charge < -0.3 is 5.32 Å². The Morgan fingerprint density at radius 3 is 2.56 bits per heavy atom. The molecule has 0 saturated carbocycles. The first-order valence-electron chi connectivity index (χ1n) is 6.59. The van der Waals surface area contributed by atoms with Crippen LogP contribution in [-0.4, -0.2) is 25.1 Å². The van der Waals surface area contributed by atoms with Crippen LogP contribution in [0.4, 0.5) is 0 Å². The molecule has 0 aliphatic carbocycles. The smallest absolute Gasteiger partial charge is 0.0210 e. The second kappa shape index (κ2) is 9.00. The van der Waals surface area contributed by atoms with E-state index in [4.69, 9.17) is 0 Å². The lowest BCUT2D eigenvalue weighted by molar-refractivity contribution is 0.510. The molecule has 18 heavy (non-hydrogen) atoms. The highest BCUT2D eigenvalue weighted by Crippen LogP contribution is 2.27. The van der Waals surface area contributed by atoms with E-state index in [1.165, 1.54) is 22.2 Å². The molecule has 0 saturated heterocycles. The van der Waals surface area contributed by atoms with Gasteiger partial charge in [-0.05, 0) is 48.4 Å². The van der Waals surface area contributed by atoms with Crippen LogP contribution in [0.1, 0.15) is 31.7 Å². The zero-order valence-corrected chi connectivity index (χ0v) is 14.0. The highest BCUT2D eigenvalue weighted by atomic mass is 79.9. The van der Waals surface area contributed by atoms with E-state index in [9.17, 15) is 0 Å². The van der Waals surface area contributed by atoms with Crippen LogP contribution in [0.25, 0.3) is 0 Å². The molecule has 0 aliphatic heterocycles. The molecule has 3 heteroatoms. The van der Waals surface area contributed by atoms with Crippen molar-refractivity contribution in [1.82, 2.24) is 5.32 Å². The van der Waals surface area contributed by atoms with Gasteiger partial charge in [-0.1, -0.05) is 48.0 Å². The lowest BCUT2D eigenvalue weighted by atomic mass is 9.96. The second-order valence-electron chi connectivity index (χ2n) is 5.05. The number of hydrogen-bond donors (Lipinski definition) is 1. The van der Waals surface area contributed by atoms with E-state index >= 15 is 0 Å². The number of hydrogen-bond acceptors (Lipinski definition) is 2. The van der Waals surface area contributed by atoms with Crippen molar-refractivity contribution in [2.24, 2.45) is 5.92 Å². The van der Waals surface area contributed by atoms with Crippen molar-refractivity contribution < 1.29 is 0 Å². The summed E-state index contributed by atoms with van der Waals surface area (Å²) in [6.07, 6.45) is 3.41. The van der Waals surface area contributed by atoms with Crippen LogP contribution in [0.5, 0.6) is 0 Å². The van der Waals surface area contributed by atoms with Crippen LogP contribution in [0.15, 0.2) is 28.7 Å². The molecule has 0 radical (unpaired) electrons. The van der Waals surface area contributed by atoms with Gasteiger partial charge in [-0.2, -0.15) is 11.8 Å². The zero-order valence-electron chi connectivity index (χ0n) is 11.6. The molecule has 0 spiro atoms. The fourth-order valence-corrected chi connectivity index (χ4v) is 3.11. The van der Waals surface area contributed by atoms with Crippen molar-refractivity contribution in [2.75, 3.05) is 25.1 Å². The van der Waals surface area contributed by atoms with Gasteiger partial charge in [0.05, 0.1) is 0 Å². The minimum atomic E-state index is 0.603. The van der Waals surface area contributed by atoms with E-state index in [-0.39, 0.29) is 0 Å². The number of rotatable bonds is 8. The standard InChI is InChI=1S/C15H24BrNS/c1-12(2)10-17-11-13(8-9-18-3)14-6-4-5-7-15(14)16/h4-7,12-13,17H,8-11H2,1-3H3. The van der Waals surface area contributed by atoms with Crippen LogP contribution in [0.3, 0.4) is 0 Å². The van der Waals surface area contributed by atoms with Gasteiger partial charge >= 0.3 is 0 Å². The summed E-state index contributed by atoms with van der Waals surface area (Å²) >= 11 is 5.60. The van der Waals surface area contributed by atoms with Crippen molar-refractivity contribution in [3.8, 4) is 0 Å². The lowest BCUT2D eigenvalue weighted by Gasteiger charge is -2.20. The summed E-state index contributed by atoms with van der Waals surface area (Å²) in [5, 5.41) is 3.59.